The minimum atomic E-state index is -0.0879. The van der Waals surface area contributed by atoms with Crippen molar-refractivity contribution in [2.45, 2.75) is 37.6 Å². The molecule has 4 heteroatoms. The number of carbonyl (C=O) groups is 1. The van der Waals surface area contributed by atoms with Gasteiger partial charge in [0.25, 0.3) is 0 Å². The smallest absolute Gasteiger partial charge is 0.323 e. The summed E-state index contributed by atoms with van der Waals surface area (Å²) in [5, 5.41) is 0. The first-order valence-corrected chi connectivity index (χ1v) is 7.83. The van der Waals surface area contributed by atoms with Crippen LogP contribution in [0.1, 0.15) is 37.2 Å². The normalized spacial score (nSPS) is 25.8. The van der Waals surface area contributed by atoms with E-state index >= 15 is 0 Å². The van der Waals surface area contributed by atoms with Gasteiger partial charge in [0.05, 0.1) is 13.7 Å². The number of ether oxygens (including phenoxy) is 2. The lowest BCUT2D eigenvalue weighted by molar-refractivity contribution is -0.148. The van der Waals surface area contributed by atoms with Crippen LogP contribution in [0, 0.1) is 0 Å². The molecule has 0 saturated carbocycles. The largest absolute Gasteiger partial charge is 0.493 e. The van der Waals surface area contributed by atoms with E-state index in [1.54, 1.807) is 0 Å². The summed E-state index contributed by atoms with van der Waals surface area (Å²) in [5.74, 6) is 1.36. The predicted octanol–water partition coefficient (Wildman–Crippen LogP) is 2.58. The Hall–Kier alpha value is -1.55. The fourth-order valence-corrected chi connectivity index (χ4v) is 3.50. The summed E-state index contributed by atoms with van der Waals surface area (Å²) in [4.78, 5) is 14.3. The van der Waals surface area contributed by atoms with E-state index in [0.717, 1.165) is 44.7 Å². The van der Waals surface area contributed by atoms with E-state index in [9.17, 15) is 4.79 Å². The number of benzene rings is 1. The van der Waals surface area contributed by atoms with Crippen LogP contribution in [-0.4, -0.2) is 43.7 Å². The Labute approximate surface area is 126 Å². The first-order valence-electron chi connectivity index (χ1n) is 7.83. The lowest BCUT2D eigenvalue weighted by atomic mass is 9.91. The van der Waals surface area contributed by atoms with E-state index in [0.29, 0.717) is 5.92 Å². The summed E-state index contributed by atoms with van der Waals surface area (Å²) in [5.41, 5.74) is 1.28. The first kappa shape index (κ1) is 14.4. The minimum absolute atomic E-state index is 0.0706. The Bertz CT molecular complexity index is 503. The molecule has 114 valence electrons. The van der Waals surface area contributed by atoms with Crippen molar-refractivity contribution in [3.05, 3.63) is 29.8 Å². The predicted molar refractivity (Wildman–Crippen MR) is 80.5 cm³/mol. The number of piperidine rings is 1. The molecular weight excluding hydrogens is 266 g/mol. The van der Waals surface area contributed by atoms with Crippen LogP contribution in [0.4, 0.5) is 0 Å². The van der Waals surface area contributed by atoms with Crippen molar-refractivity contribution in [3.63, 3.8) is 0 Å². The molecule has 0 N–H and O–H groups in total. The fourth-order valence-electron chi connectivity index (χ4n) is 3.50. The number of likely N-dealkylation sites (tertiary alicyclic amines) is 1. The molecule has 2 unspecified atom stereocenters. The van der Waals surface area contributed by atoms with E-state index in [1.165, 1.54) is 19.1 Å². The lowest BCUT2D eigenvalue weighted by Gasteiger charge is -2.37. The Kier molecular flexibility index (Phi) is 4.44. The van der Waals surface area contributed by atoms with Crippen LogP contribution in [0.2, 0.25) is 0 Å². The van der Waals surface area contributed by atoms with E-state index < -0.39 is 0 Å². The number of esters is 1. The number of methoxy groups -OCH3 is 1. The zero-order valence-corrected chi connectivity index (χ0v) is 12.6. The average Bonchev–Trinajstić information content (AvgIpc) is 2.55. The molecular formula is C17H23NO3. The number of hydrogen-bond acceptors (Lipinski definition) is 4. The van der Waals surface area contributed by atoms with Gasteiger partial charge in [-0.25, -0.2) is 0 Å². The quantitative estimate of drug-likeness (QED) is 0.802. The van der Waals surface area contributed by atoms with Crippen LogP contribution in [-0.2, 0) is 9.53 Å². The Morgan fingerprint density at radius 2 is 2.19 bits per heavy atom. The molecule has 3 rings (SSSR count). The van der Waals surface area contributed by atoms with Gasteiger partial charge >= 0.3 is 5.97 Å². The van der Waals surface area contributed by atoms with Crippen LogP contribution in [0.25, 0.3) is 0 Å². The second-order valence-corrected chi connectivity index (χ2v) is 5.90. The number of hydrogen-bond donors (Lipinski definition) is 0. The maximum Gasteiger partial charge on any atom is 0.323 e. The van der Waals surface area contributed by atoms with Crippen molar-refractivity contribution >= 4 is 5.97 Å². The average molecular weight is 289 g/mol. The Morgan fingerprint density at radius 1 is 1.33 bits per heavy atom. The van der Waals surface area contributed by atoms with Gasteiger partial charge in [-0.2, -0.15) is 0 Å². The van der Waals surface area contributed by atoms with Crippen LogP contribution in [0.3, 0.4) is 0 Å². The standard InChI is InChI=1S/C17H23NO3/c1-20-17(19)15-7-4-5-10-18(15)12-13-9-11-21-16-8-3-2-6-14(13)16/h2-3,6,8,13,15H,4-5,7,9-12H2,1H3. The van der Waals surface area contributed by atoms with Gasteiger partial charge in [-0.05, 0) is 37.4 Å². The van der Waals surface area contributed by atoms with E-state index in [-0.39, 0.29) is 12.0 Å². The molecule has 21 heavy (non-hydrogen) atoms. The van der Waals surface area contributed by atoms with Gasteiger partial charge in [0.1, 0.15) is 11.8 Å². The molecule has 0 aliphatic carbocycles. The van der Waals surface area contributed by atoms with Crippen molar-refractivity contribution in [2.75, 3.05) is 26.8 Å². The summed E-state index contributed by atoms with van der Waals surface area (Å²) in [7, 11) is 1.48. The Balaban J connectivity index is 1.75. The molecule has 4 nitrogen and oxygen atoms in total. The molecule has 0 aromatic heterocycles. The maximum absolute atomic E-state index is 12.0. The second-order valence-electron chi connectivity index (χ2n) is 5.90. The third-order valence-electron chi connectivity index (χ3n) is 4.62. The third-order valence-corrected chi connectivity index (χ3v) is 4.62. The monoisotopic (exact) mass is 289 g/mol. The van der Waals surface area contributed by atoms with Gasteiger partial charge in [-0.15, -0.1) is 0 Å². The van der Waals surface area contributed by atoms with E-state index in [2.05, 4.69) is 17.0 Å². The van der Waals surface area contributed by atoms with Crippen molar-refractivity contribution < 1.29 is 14.3 Å². The highest BCUT2D eigenvalue weighted by molar-refractivity contribution is 5.75. The van der Waals surface area contributed by atoms with Gasteiger partial charge in [0, 0.05) is 12.5 Å². The molecule has 0 amide bonds. The summed E-state index contributed by atoms with van der Waals surface area (Å²) in [6.07, 6.45) is 4.21. The number of para-hydroxylation sites is 1. The van der Waals surface area contributed by atoms with Crippen molar-refractivity contribution in [3.8, 4) is 5.75 Å². The van der Waals surface area contributed by atoms with Crippen LogP contribution in [0.5, 0.6) is 5.75 Å². The van der Waals surface area contributed by atoms with E-state index in [1.807, 2.05) is 12.1 Å². The van der Waals surface area contributed by atoms with Crippen molar-refractivity contribution in [1.82, 2.24) is 4.90 Å². The van der Waals surface area contributed by atoms with Crippen LogP contribution >= 0.6 is 0 Å². The van der Waals surface area contributed by atoms with Crippen molar-refractivity contribution in [2.24, 2.45) is 0 Å². The molecule has 0 radical (unpaired) electrons. The highest BCUT2D eigenvalue weighted by Crippen LogP contribution is 2.35. The molecule has 0 bridgehead atoms. The Morgan fingerprint density at radius 3 is 3.05 bits per heavy atom. The fraction of sp³-hybridized carbons (Fsp3) is 0.588. The molecule has 1 aromatic carbocycles. The third kappa shape index (κ3) is 3.05. The molecule has 1 saturated heterocycles. The number of carbonyl (C=O) groups excluding carboxylic acids is 1. The molecule has 0 spiro atoms. The van der Waals surface area contributed by atoms with Gasteiger partial charge in [-0.3, -0.25) is 9.69 Å². The molecule has 2 aliphatic heterocycles. The summed E-state index contributed by atoms with van der Waals surface area (Å²) >= 11 is 0. The topological polar surface area (TPSA) is 38.8 Å². The molecule has 2 aliphatic rings. The van der Waals surface area contributed by atoms with E-state index in [4.69, 9.17) is 9.47 Å². The number of nitrogens with zero attached hydrogens (tertiary/aromatic N) is 1. The van der Waals surface area contributed by atoms with Gasteiger partial charge in [0.2, 0.25) is 0 Å². The molecule has 1 aromatic rings. The van der Waals surface area contributed by atoms with Gasteiger partial charge in [0.15, 0.2) is 0 Å². The second kappa shape index (κ2) is 6.48. The minimum Gasteiger partial charge on any atom is -0.493 e. The molecule has 2 atom stereocenters. The zero-order valence-electron chi connectivity index (χ0n) is 12.6. The molecule has 1 fully saturated rings. The molecule has 2 heterocycles. The lowest BCUT2D eigenvalue weighted by Crippen LogP contribution is -2.47. The number of fused-ring (bicyclic) bond motifs is 1. The summed E-state index contributed by atoms with van der Waals surface area (Å²) in [6, 6.07) is 8.19. The highest BCUT2D eigenvalue weighted by atomic mass is 16.5. The van der Waals surface area contributed by atoms with Gasteiger partial charge < -0.3 is 9.47 Å². The van der Waals surface area contributed by atoms with Gasteiger partial charge in [-0.1, -0.05) is 24.6 Å². The highest BCUT2D eigenvalue weighted by Gasteiger charge is 2.32. The van der Waals surface area contributed by atoms with Crippen LogP contribution < -0.4 is 4.74 Å². The maximum atomic E-state index is 12.0. The first-order chi connectivity index (χ1) is 10.3. The SMILES string of the molecule is COC(=O)C1CCCCN1CC1CCOc2ccccc21. The summed E-state index contributed by atoms with van der Waals surface area (Å²) < 4.78 is 10.7. The van der Waals surface area contributed by atoms with Crippen molar-refractivity contribution in [1.29, 1.82) is 0 Å². The summed E-state index contributed by atoms with van der Waals surface area (Å²) in [6.45, 7) is 2.66. The number of rotatable bonds is 3. The zero-order chi connectivity index (χ0) is 14.7. The van der Waals surface area contributed by atoms with Crippen LogP contribution in [0.15, 0.2) is 24.3 Å².